The maximum Gasteiger partial charge on any atom is 0.409 e. The van der Waals surface area contributed by atoms with Crippen molar-refractivity contribution in [3.8, 4) is 0 Å². The molecular formula is C15H31IN4O4. The van der Waals surface area contributed by atoms with Crippen molar-refractivity contribution in [2.75, 3.05) is 73.3 Å². The normalized spacial score (nSPS) is 15.0. The van der Waals surface area contributed by atoms with E-state index >= 15 is 0 Å². The smallest absolute Gasteiger partial charge is 0.409 e. The average molecular weight is 458 g/mol. The summed E-state index contributed by atoms with van der Waals surface area (Å²) in [4.78, 5) is 19.9. The molecule has 8 nitrogen and oxygen atoms in total. The molecule has 0 aromatic rings. The molecule has 1 fully saturated rings. The van der Waals surface area contributed by atoms with E-state index in [1.165, 1.54) is 0 Å². The molecule has 142 valence electrons. The first kappa shape index (κ1) is 23.2. The van der Waals surface area contributed by atoms with Gasteiger partial charge in [0.15, 0.2) is 5.96 Å². The Morgan fingerprint density at radius 1 is 1.12 bits per heavy atom. The van der Waals surface area contributed by atoms with Gasteiger partial charge < -0.3 is 29.3 Å². The minimum atomic E-state index is -0.233. The minimum absolute atomic E-state index is 0. The van der Waals surface area contributed by atoms with Crippen LogP contribution < -0.4 is 5.32 Å². The molecule has 0 spiro atoms. The number of methoxy groups -OCH3 is 1. The Kier molecular flexibility index (Phi) is 14.0. The zero-order chi connectivity index (χ0) is 16.9. The number of aliphatic imine (C=N–C) groups is 1. The van der Waals surface area contributed by atoms with E-state index in [4.69, 9.17) is 14.2 Å². The van der Waals surface area contributed by atoms with E-state index in [1.54, 1.807) is 19.1 Å². The molecule has 1 aliphatic rings. The van der Waals surface area contributed by atoms with Crippen LogP contribution in [0.2, 0.25) is 0 Å². The van der Waals surface area contributed by atoms with Crippen LogP contribution in [-0.2, 0) is 14.2 Å². The quantitative estimate of drug-likeness (QED) is 0.253. The summed E-state index contributed by atoms with van der Waals surface area (Å²) < 4.78 is 15.4. The largest absolute Gasteiger partial charge is 0.450 e. The zero-order valence-corrected chi connectivity index (χ0v) is 17.3. The molecule has 0 saturated carbocycles. The second-order valence-corrected chi connectivity index (χ2v) is 5.11. The summed E-state index contributed by atoms with van der Waals surface area (Å²) in [6, 6.07) is 0. The Labute approximate surface area is 161 Å². The van der Waals surface area contributed by atoms with E-state index in [9.17, 15) is 4.79 Å². The summed E-state index contributed by atoms with van der Waals surface area (Å²) in [5.74, 6) is 0.866. The van der Waals surface area contributed by atoms with Gasteiger partial charge in [0.25, 0.3) is 0 Å². The van der Waals surface area contributed by atoms with Gasteiger partial charge in [-0.15, -0.1) is 24.0 Å². The van der Waals surface area contributed by atoms with E-state index in [2.05, 4.69) is 15.2 Å². The van der Waals surface area contributed by atoms with Crippen LogP contribution in [0.15, 0.2) is 4.99 Å². The van der Waals surface area contributed by atoms with Crippen LogP contribution in [0.3, 0.4) is 0 Å². The SMILES string of the molecule is CCOC(=O)N1CCN(C(=NC)NCCCOCCOC)CC1.I. The van der Waals surface area contributed by atoms with E-state index < -0.39 is 0 Å². The van der Waals surface area contributed by atoms with Gasteiger partial charge in [-0.3, -0.25) is 4.99 Å². The lowest BCUT2D eigenvalue weighted by molar-refractivity contribution is 0.0697. The lowest BCUT2D eigenvalue weighted by Gasteiger charge is -2.35. The molecule has 0 unspecified atom stereocenters. The molecule has 0 aromatic heterocycles. The Bertz CT molecular complexity index is 363. The number of carbonyl (C=O) groups excluding carboxylic acids is 1. The van der Waals surface area contributed by atoms with Crippen molar-refractivity contribution in [1.82, 2.24) is 15.1 Å². The number of carbonyl (C=O) groups is 1. The highest BCUT2D eigenvalue weighted by Crippen LogP contribution is 2.04. The number of nitrogens with one attached hydrogen (secondary N) is 1. The molecular weight excluding hydrogens is 427 g/mol. The van der Waals surface area contributed by atoms with Crippen molar-refractivity contribution in [2.24, 2.45) is 4.99 Å². The third-order valence-electron chi connectivity index (χ3n) is 3.50. The molecule has 0 radical (unpaired) electrons. The molecule has 1 amide bonds. The molecule has 1 saturated heterocycles. The number of rotatable bonds is 8. The van der Waals surface area contributed by atoms with Gasteiger partial charge in [-0.1, -0.05) is 0 Å². The molecule has 1 N–H and O–H groups in total. The zero-order valence-electron chi connectivity index (χ0n) is 15.0. The Hall–Kier alpha value is -0.810. The molecule has 1 rings (SSSR count). The van der Waals surface area contributed by atoms with E-state index in [0.29, 0.717) is 39.5 Å². The molecule has 0 aromatic carbocycles. The highest BCUT2D eigenvalue weighted by Gasteiger charge is 2.23. The summed E-state index contributed by atoms with van der Waals surface area (Å²) in [5, 5.41) is 3.33. The third kappa shape index (κ3) is 8.88. The number of hydrogen-bond donors (Lipinski definition) is 1. The summed E-state index contributed by atoms with van der Waals surface area (Å²) in [6.07, 6.45) is 0.675. The average Bonchev–Trinajstić information content (AvgIpc) is 2.58. The van der Waals surface area contributed by atoms with Crippen LogP contribution in [0.25, 0.3) is 0 Å². The third-order valence-corrected chi connectivity index (χ3v) is 3.50. The predicted octanol–water partition coefficient (Wildman–Crippen LogP) is 1.01. The summed E-state index contributed by atoms with van der Waals surface area (Å²) in [6.45, 7) is 7.79. The van der Waals surface area contributed by atoms with E-state index in [1.807, 2.05) is 6.92 Å². The molecule has 1 heterocycles. The van der Waals surface area contributed by atoms with Crippen LogP contribution in [0.5, 0.6) is 0 Å². The molecule has 1 aliphatic heterocycles. The van der Waals surface area contributed by atoms with Crippen molar-refractivity contribution in [3.63, 3.8) is 0 Å². The Morgan fingerprint density at radius 3 is 2.38 bits per heavy atom. The lowest BCUT2D eigenvalue weighted by Crippen LogP contribution is -2.54. The minimum Gasteiger partial charge on any atom is -0.450 e. The van der Waals surface area contributed by atoms with Crippen molar-refractivity contribution in [2.45, 2.75) is 13.3 Å². The predicted molar refractivity (Wildman–Crippen MR) is 104 cm³/mol. The molecule has 0 bridgehead atoms. The van der Waals surface area contributed by atoms with E-state index in [-0.39, 0.29) is 30.1 Å². The van der Waals surface area contributed by atoms with Gasteiger partial charge in [0, 0.05) is 53.5 Å². The topological polar surface area (TPSA) is 75.6 Å². The van der Waals surface area contributed by atoms with Crippen LogP contribution >= 0.6 is 24.0 Å². The van der Waals surface area contributed by atoms with Crippen LogP contribution in [-0.4, -0.2) is 95.2 Å². The fourth-order valence-corrected chi connectivity index (χ4v) is 2.27. The molecule has 9 heteroatoms. The first-order chi connectivity index (χ1) is 11.2. The van der Waals surface area contributed by atoms with Gasteiger partial charge in [-0.2, -0.15) is 0 Å². The number of guanidine groups is 1. The van der Waals surface area contributed by atoms with Gasteiger partial charge in [0.1, 0.15) is 0 Å². The van der Waals surface area contributed by atoms with Crippen molar-refractivity contribution < 1.29 is 19.0 Å². The van der Waals surface area contributed by atoms with Crippen molar-refractivity contribution in [3.05, 3.63) is 0 Å². The van der Waals surface area contributed by atoms with Crippen LogP contribution in [0.4, 0.5) is 4.79 Å². The summed E-state index contributed by atoms with van der Waals surface area (Å²) >= 11 is 0. The van der Waals surface area contributed by atoms with Gasteiger partial charge in [-0.25, -0.2) is 4.79 Å². The molecule has 0 atom stereocenters. The van der Waals surface area contributed by atoms with Crippen molar-refractivity contribution >= 4 is 36.0 Å². The van der Waals surface area contributed by atoms with E-state index in [0.717, 1.165) is 32.0 Å². The second-order valence-electron chi connectivity index (χ2n) is 5.11. The van der Waals surface area contributed by atoms with Crippen LogP contribution in [0, 0.1) is 0 Å². The highest BCUT2D eigenvalue weighted by atomic mass is 127. The van der Waals surface area contributed by atoms with Gasteiger partial charge in [-0.05, 0) is 13.3 Å². The van der Waals surface area contributed by atoms with Gasteiger partial charge >= 0.3 is 6.09 Å². The summed E-state index contributed by atoms with van der Waals surface area (Å²) in [5.41, 5.74) is 0. The number of halogens is 1. The Balaban J connectivity index is 0.00000529. The van der Waals surface area contributed by atoms with Gasteiger partial charge in [0.2, 0.25) is 0 Å². The fraction of sp³-hybridized carbons (Fsp3) is 0.867. The van der Waals surface area contributed by atoms with Crippen molar-refractivity contribution in [1.29, 1.82) is 0 Å². The number of piperazine rings is 1. The van der Waals surface area contributed by atoms with Crippen LogP contribution in [0.1, 0.15) is 13.3 Å². The lowest BCUT2D eigenvalue weighted by atomic mass is 10.3. The first-order valence-electron chi connectivity index (χ1n) is 8.16. The monoisotopic (exact) mass is 458 g/mol. The molecule has 0 aliphatic carbocycles. The maximum absolute atomic E-state index is 11.7. The Morgan fingerprint density at radius 2 is 1.79 bits per heavy atom. The van der Waals surface area contributed by atoms with Gasteiger partial charge in [0.05, 0.1) is 19.8 Å². The standard InChI is InChI=1S/C15H30N4O4.HI/c1-4-23-15(20)19-9-7-18(8-10-19)14(16-2)17-6-5-11-22-13-12-21-3;/h4-13H2,1-3H3,(H,16,17);1H. The number of nitrogens with zero attached hydrogens (tertiary/aromatic N) is 3. The highest BCUT2D eigenvalue weighted by molar-refractivity contribution is 14.0. The number of hydrogen-bond acceptors (Lipinski definition) is 5. The number of amides is 1. The maximum atomic E-state index is 11.7. The number of ether oxygens (including phenoxy) is 3. The first-order valence-corrected chi connectivity index (χ1v) is 8.16. The fourth-order valence-electron chi connectivity index (χ4n) is 2.27. The second kappa shape index (κ2) is 14.5. The summed E-state index contributed by atoms with van der Waals surface area (Å²) in [7, 11) is 3.44. The molecule has 24 heavy (non-hydrogen) atoms.